The molecule has 7 aromatic carbocycles. The fourth-order valence-electron chi connectivity index (χ4n) is 7.24. The number of hydrogen-bond donors (Lipinski definition) is 0. The molecule has 0 bridgehead atoms. The van der Waals surface area contributed by atoms with Crippen LogP contribution in [0.4, 0.5) is 0 Å². The van der Waals surface area contributed by atoms with Gasteiger partial charge in [0.2, 0.25) is 0 Å². The van der Waals surface area contributed by atoms with E-state index >= 15 is 0 Å². The Morgan fingerprint density at radius 2 is 1.08 bits per heavy atom. The number of aromatic nitrogens is 3. The molecule has 0 saturated heterocycles. The Bertz CT molecular complexity index is 2840. The van der Waals surface area contributed by atoms with Gasteiger partial charge in [0, 0.05) is 32.8 Å². The minimum Gasteiger partial charge on any atom is -0.451 e. The van der Waals surface area contributed by atoms with E-state index in [9.17, 15) is 0 Å². The van der Waals surface area contributed by atoms with Gasteiger partial charge in [0.1, 0.15) is 23.1 Å². The molecular weight excluding hydrogens is 587 g/mol. The molecule has 0 unspecified atom stereocenters. The fourth-order valence-corrected chi connectivity index (χ4v) is 7.24. The first-order valence-corrected chi connectivity index (χ1v) is 16.1. The van der Waals surface area contributed by atoms with Crippen molar-refractivity contribution >= 4 is 54.6 Å². The van der Waals surface area contributed by atoms with Crippen molar-refractivity contribution in [1.82, 2.24) is 14.5 Å². The number of nitrogens with zero attached hydrogens (tertiary/aromatic N) is 3. The van der Waals surface area contributed by atoms with Crippen molar-refractivity contribution in [2.75, 3.05) is 0 Å². The third-order valence-electron chi connectivity index (χ3n) is 9.49. The van der Waals surface area contributed by atoms with Crippen molar-refractivity contribution < 1.29 is 4.42 Å². The zero-order valence-corrected chi connectivity index (χ0v) is 25.8. The second-order valence-corrected chi connectivity index (χ2v) is 12.2. The van der Waals surface area contributed by atoms with Crippen LogP contribution in [0.2, 0.25) is 0 Å². The van der Waals surface area contributed by atoms with Crippen LogP contribution in [0.5, 0.6) is 0 Å². The summed E-state index contributed by atoms with van der Waals surface area (Å²) in [5.41, 5.74) is 12.3. The van der Waals surface area contributed by atoms with Gasteiger partial charge < -0.3 is 8.98 Å². The number of hydrogen-bond acceptors (Lipinski definition) is 3. The Hall–Kier alpha value is -6.52. The van der Waals surface area contributed by atoms with Gasteiger partial charge in [-0.05, 0) is 76.2 Å². The maximum atomic E-state index is 6.54. The van der Waals surface area contributed by atoms with Crippen molar-refractivity contribution in [1.29, 1.82) is 0 Å². The molecule has 0 aliphatic carbocycles. The number of furan rings is 1. The summed E-state index contributed by atoms with van der Waals surface area (Å²) in [5, 5.41) is 5.71. The minimum atomic E-state index is 0.706. The smallest absolute Gasteiger partial charge is 0.180 e. The topological polar surface area (TPSA) is 43.9 Å². The molecule has 10 aromatic rings. The van der Waals surface area contributed by atoms with E-state index < -0.39 is 0 Å². The summed E-state index contributed by atoms with van der Waals surface area (Å²) in [5.74, 6) is 0. The number of rotatable bonds is 4. The largest absolute Gasteiger partial charge is 0.451 e. The molecule has 3 aromatic heterocycles. The molecule has 4 heteroatoms. The van der Waals surface area contributed by atoms with Gasteiger partial charge in [-0.1, -0.05) is 109 Å². The highest BCUT2D eigenvalue weighted by molar-refractivity contribution is 6.15. The number of fused-ring (bicyclic) bond motifs is 8. The molecule has 0 amide bonds. The van der Waals surface area contributed by atoms with Crippen molar-refractivity contribution in [3.05, 3.63) is 164 Å². The lowest BCUT2D eigenvalue weighted by Gasteiger charge is -2.10. The van der Waals surface area contributed by atoms with Gasteiger partial charge in [0.05, 0.1) is 11.0 Å². The van der Waals surface area contributed by atoms with Gasteiger partial charge in [-0.25, -0.2) is 9.97 Å². The molecule has 0 spiro atoms. The predicted molar refractivity (Wildman–Crippen MR) is 197 cm³/mol. The van der Waals surface area contributed by atoms with Crippen LogP contribution in [0, 0.1) is 0 Å². The lowest BCUT2D eigenvalue weighted by atomic mass is 9.96. The maximum absolute atomic E-state index is 6.54. The summed E-state index contributed by atoms with van der Waals surface area (Å²) < 4.78 is 8.89. The van der Waals surface area contributed by atoms with E-state index in [1.54, 1.807) is 6.33 Å². The Morgan fingerprint density at radius 3 is 1.92 bits per heavy atom. The zero-order chi connectivity index (χ0) is 31.6. The summed E-state index contributed by atoms with van der Waals surface area (Å²) >= 11 is 0. The number of benzene rings is 7. The average molecular weight is 614 g/mol. The number of para-hydroxylation sites is 2. The van der Waals surface area contributed by atoms with Gasteiger partial charge in [-0.15, -0.1) is 0 Å². The highest BCUT2D eigenvalue weighted by Gasteiger charge is 2.17. The standard InChI is InChI=1S/C44H27N3O/c1-2-15-34(16-3-1)47-39-19-7-6-18-36(39)38-26-32(21-23-40(38)47)30-12-8-11-29(24-30)31-13-9-14-33(25-31)41-44-42(46-27-45-41)37-22-20-28-10-4-5-17-35(28)43(37)48-44/h1-27H. The molecule has 0 atom stereocenters. The Labute approximate surface area is 276 Å². The lowest BCUT2D eigenvalue weighted by molar-refractivity contribution is 0.671. The summed E-state index contributed by atoms with van der Waals surface area (Å²) in [6, 6.07) is 55.9. The van der Waals surface area contributed by atoms with Crippen LogP contribution in [-0.4, -0.2) is 14.5 Å². The molecule has 0 saturated carbocycles. The molecule has 224 valence electrons. The first-order valence-electron chi connectivity index (χ1n) is 16.1. The second-order valence-electron chi connectivity index (χ2n) is 12.2. The van der Waals surface area contributed by atoms with E-state index in [2.05, 4.69) is 155 Å². The SMILES string of the molecule is c1ccc(-n2c3ccccc3c3cc(-c4cccc(-c5cccc(-c6ncnc7c6oc6c8ccccc8ccc76)c5)c4)ccc32)cc1. The normalized spacial score (nSPS) is 11.8. The van der Waals surface area contributed by atoms with E-state index in [-0.39, 0.29) is 0 Å². The van der Waals surface area contributed by atoms with Gasteiger partial charge in [-0.3, -0.25) is 0 Å². The lowest BCUT2D eigenvalue weighted by Crippen LogP contribution is -1.92. The predicted octanol–water partition coefficient (Wildman–Crippen LogP) is 11.6. The van der Waals surface area contributed by atoms with E-state index in [0.717, 1.165) is 55.3 Å². The van der Waals surface area contributed by atoms with E-state index in [4.69, 9.17) is 9.40 Å². The molecular formula is C44H27N3O. The molecule has 0 aliphatic rings. The molecule has 4 nitrogen and oxygen atoms in total. The first kappa shape index (κ1) is 26.7. The third kappa shape index (κ3) is 4.10. The molecule has 3 heterocycles. The zero-order valence-electron chi connectivity index (χ0n) is 25.8. The van der Waals surface area contributed by atoms with Gasteiger partial charge in [0.25, 0.3) is 0 Å². The molecule has 48 heavy (non-hydrogen) atoms. The van der Waals surface area contributed by atoms with E-state index in [0.29, 0.717) is 5.58 Å². The minimum absolute atomic E-state index is 0.706. The van der Waals surface area contributed by atoms with Crippen LogP contribution >= 0.6 is 0 Å². The van der Waals surface area contributed by atoms with Gasteiger partial charge in [0.15, 0.2) is 5.58 Å². The van der Waals surface area contributed by atoms with Crippen LogP contribution in [0.3, 0.4) is 0 Å². The average Bonchev–Trinajstić information content (AvgIpc) is 3.71. The first-order chi connectivity index (χ1) is 23.8. The monoisotopic (exact) mass is 613 g/mol. The van der Waals surface area contributed by atoms with Gasteiger partial charge >= 0.3 is 0 Å². The molecule has 10 rings (SSSR count). The molecule has 0 N–H and O–H groups in total. The van der Waals surface area contributed by atoms with E-state index in [1.165, 1.54) is 32.9 Å². The van der Waals surface area contributed by atoms with Crippen molar-refractivity contribution in [3.63, 3.8) is 0 Å². The fraction of sp³-hybridized carbons (Fsp3) is 0. The Morgan fingerprint density at radius 1 is 0.417 bits per heavy atom. The van der Waals surface area contributed by atoms with E-state index in [1.807, 2.05) is 12.1 Å². The summed E-state index contributed by atoms with van der Waals surface area (Å²) in [7, 11) is 0. The van der Waals surface area contributed by atoms with Crippen LogP contribution in [0.15, 0.2) is 168 Å². The molecule has 0 radical (unpaired) electrons. The third-order valence-corrected chi connectivity index (χ3v) is 9.49. The molecule has 0 aliphatic heterocycles. The summed E-state index contributed by atoms with van der Waals surface area (Å²) in [6.07, 6.45) is 1.64. The van der Waals surface area contributed by atoms with Crippen LogP contribution in [0.1, 0.15) is 0 Å². The quantitative estimate of drug-likeness (QED) is 0.198. The maximum Gasteiger partial charge on any atom is 0.180 e. The van der Waals surface area contributed by atoms with Crippen molar-refractivity contribution in [2.45, 2.75) is 0 Å². The molecule has 0 fully saturated rings. The van der Waals surface area contributed by atoms with Gasteiger partial charge in [-0.2, -0.15) is 0 Å². The van der Waals surface area contributed by atoms with Crippen LogP contribution < -0.4 is 0 Å². The Kier molecular flexibility index (Phi) is 5.84. The second kappa shape index (κ2) is 10.5. The van der Waals surface area contributed by atoms with Crippen LogP contribution in [-0.2, 0) is 0 Å². The summed E-state index contributed by atoms with van der Waals surface area (Å²) in [6.45, 7) is 0. The van der Waals surface area contributed by atoms with Crippen LogP contribution in [0.25, 0.3) is 93.8 Å². The highest BCUT2D eigenvalue weighted by atomic mass is 16.3. The highest BCUT2D eigenvalue weighted by Crippen LogP contribution is 2.39. The summed E-state index contributed by atoms with van der Waals surface area (Å²) in [4.78, 5) is 9.36. The van der Waals surface area contributed by atoms with Crippen molar-refractivity contribution in [3.8, 4) is 39.2 Å². The Balaban J connectivity index is 1.07. The van der Waals surface area contributed by atoms with Crippen molar-refractivity contribution in [2.24, 2.45) is 0 Å².